The second-order valence-corrected chi connectivity index (χ2v) is 4.77. The van der Waals surface area contributed by atoms with Crippen molar-refractivity contribution in [3.8, 4) is 0 Å². The number of aryl methyl sites for hydroxylation is 1. The number of aromatic nitrogens is 2. The van der Waals surface area contributed by atoms with Crippen LogP contribution in [0.25, 0.3) is 0 Å². The van der Waals surface area contributed by atoms with E-state index >= 15 is 0 Å². The first-order chi connectivity index (χ1) is 9.90. The van der Waals surface area contributed by atoms with E-state index in [-0.39, 0.29) is 30.8 Å². The number of nitrogens with one attached hydrogen (secondary N) is 1. The number of alkyl halides is 1. The molecule has 1 aliphatic rings. The van der Waals surface area contributed by atoms with Gasteiger partial charge < -0.3 is 15.2 Å². The van der Waals surface area contributed by atoms with Crippen molar-refractivity contribution in [2.45, 2.75) is 31.2 Å². The third-order valence-electron chi connectivity index (χ3n) is 3.39. The second-order valence-electron chi connectivity index (χ2n) is 4.77. The van der Waals surface area contributed by atoms with E-state index in [9.17, 15) is 19.3 Å². The van der Waals surface area contributed by atoms with Crippen molar-refractivity contribution in [2.75, 3.05) is 6.61 Å². The number of rotatable bonds is 3. The molecule has 3 atom stereocenters. The first kappa shape index (κ1) is 15.2. The summed E-state index contributed by atoms with van der Waals surface area (Å²) in [5.41, 5.74) is 0.0609. The first-order valence-electron chi connectivity index (χ1n) is 6.31. The van der Waals surface area contributed by atoms with E-state index in [0.717, 1.165) is 6.20 Å². The van der Waals surface area contributed by atoms with Gasteiger partial charge >= 0.3 is 11.8 Å². The molecule has 9 nitrogen and oxygen atoms in total. The highest BCUT2D eigenvalue weighted by Crippen LogP contribution is 2.33. The van der Waals surface area contributed by atoms with E-state index in [1.807, 2.05) is 5.32 Å². The number of halogens is 1. The van der Waals surface area contributed by atoms with E-state index in [2.05, 4.69) is 5.10 Å². The zero-order valence-electron chi connectivity index (χ0n) is 11.2. The Morgan fingerprint density at radius 2 is 2.38 bits per heavy atom. The standard InChI is InChI=1S/C11H15FN4O5/c1-15-10(8(4-13-15)16(19)20)9-3-2-6(12)7(5-21-9)14-11(17)18/h4,6-7,9,14H,2-3,5H2,1H3,(H,17,18). The number of carbonyl (C=O) groups is 1. The molecule has 1 amide bonds. The second kappa shape index (κ2) is 6.04. The van der Waals surface area contributed by atoms with Gasteiger partial charge in [-0.1, -0.05) is 0 Å². The van der Waals surface area contributed by atoms with Crippen LogP contribution in [0.3, 0.4) is 0 Å². The van der Waals surface area contributed by atoms with Gasteiger partial charge in [-0.05, 0) is 12.8 Å². The van der Waals surface area contributed by atoms with E-state index in [0.29, 0.717) is 0 Å². The fourth-order valence-electron chi connectivity index (χ4n) is 2.38. The minimum absolute atomic E-state index is 0.0396. The lowest BCUT2D eigenvalue weighted by atomic mass is 10.1. The number of hydrogen-bond donors (Lipinski definition) is 2. The number of ether oxygens (including phenoxy) is 1. The van der Waals surface area contributed by atoms with Crippen LogP contribution >= 0.6 is 0 Å². The van der Waals surface area contributed by atoms with Gasteiger partial charge in [-0.2, -0.15) is 5.10 Å². The van der Waals surface area contributed by atoms with Crippen LogP contribution in [0.5, 0.6) is 0 Å². The van der Waals surface area contributed by atoms with E-state index in [4.69, 9.17) is 9.84 Å². The zero-order valence-corrected chi connectivity index (χ0v) is 11.2. The Morgan fingerprint density at radius 3 is 3.00 bits per heavy atom. The Balaban J connectivity index is 2.18. The largest absolute Gasteiger partial charge is 0.465 e. The van der Waals surface area contributed by atoms with Crippen LogP contribution in [-0.4, -0.2) is 44.7 Å². The van der Waals surface area contributed by atoms with Gasteiger partial charge in [0.05, 0.1) is 17.6 Å². The highest BCUT2D eigenvalue weighted by Gasteiger charge is 2.34. The van der Waals surface area contributed by atoms with Crippen molar-refractivity contribution in [3.63, 3.8) is 0 Å². The summed E-state index contributed by atoms with van der Waals surface area (Å²) in [7, 11) is 1.54. The molecule has 2 N–H and O–H groups in total. The van der Waals surface area contributed by atoms with Gasteiger partial charge in [0, 0.05) is 7.05 Å². The van der Waals surface area contributed by atoms with Crippen LogP contribution in [-0.2, 0) is 11.8 Å². The minimum Gasteiger partial charge on any atom is -0.465 e. The summed E-state index contributed by atoms with van der Waals surface area (Å²) in [4.78, 5) is 21.0. The molecule has 2 heterocycles. The Labute approximate surface area is 118 Å². The fraction of sp³-hybridized carbons (Fsp3) is 0.636. The van der Waals surface area contributed by atoms with Crippen LogP contribution in [0.1, 0.15) is 24.6 Å². The summed E-state index contributed by atoms with van der Waals surface area (Å²) >= 11 is 0. The van der Waals surface area contributed by atoms with Crippen molar-refractivity contribution in [1.29, 1.82) is 0 Å². The van der Waals surface area contributed by atoms with E-state index in [1.165, 1.54) is 11.7 Å². The molecule has 1 saturated heterocycles. The van der Waals surface area contributed by atoms with Crippen LogP contribution in [0.4, 0.5) is 14.9 Å². The van der Waals surface area contributed by atoms with Crippen LogP contribution < -0.4 is 5.32 Å². The molecule has 0 aliphatic carbocycles. The smallest absolute Gasteiger partial charge is 0.405 e. The SMILES string of the molecule is Cn1ncc([N+](=O)[O-])c1C1CCC(F)C(NC(=O)O)CO1. The van der Waals surface area contributed by atoms with E-state index < -0.39 is 29.3 Å². The third-order valence-corrected chi connectivity index (χ3v) is 3.39. The molecule has 10 heteroatoms. The predicted molar refractivity (Wildman–Crippen MR) is 67.6 cm³/mol. The van der Waals surface area contributed by atoms with Crippen LogP contribution in [0.2, 0.25) is 0 Å². The molecule has 0 aromatic carbocycles. The molecule has 3 unspecified atom stereocenters. The molecular weight excluding hydrogens is 287 g/mol. The summed E-state index contributed by atoms with van der Waals surface area (Å²) in [6, 6.07) is -0.986. The molecule has 1 aromatic rings. The van der Waals surface area contributed by atoms with Gasteiger partial charge in [-0.25, -0.2) is 9.18 Å². The molecular formula is C11H15FN4O5. The lowest BCUT2D eigenvalue weighted by molar-refractivity contribution is -0.386. The maximum atomic E-state index is 13.9. The third kappa shape index (κ3) is 3.27. The van der Waals surface area contributed by atoms with Crippen molar-refractivity contribution < 1.29 is 24.0 Å². The minimum atomic E-state index is -1.40. The maximum Gasteiger partial charge on any atom is 0.405 e. The quantitative estimate of drug-likeness (QED) is 0.638. The van der Waals surface area contributed by atoms with Crippen LogP contribution in [0, 0.1) is 10.1 Å². The van der Waals surface area contributed by atoms with Gasteiger partial charge in [-0.15, -0.1) is 0 Å². The predicted octanol–water partition coefficient (Wildman–Crippen LogP) is 1.15. The number of amides is 1. The first-order valence-corrected chi connectivity index (χ1v) is 6.31. The molecule has 2 rings (SSSR count). The summed E-state index contributed by atoms with van der Waals surface area (Å²) in [5, 5.41) is 25.5. The van der Waals surface area contributed by atoms with Crippen molar-refractivity contribution in [3.05, 3.63) is 22.0 Å². The van der Waals surface area contributed by atoms with Gasteiger partial charge in [0.2, 0.25) is 0 Å². The molecule has 1 aromatic heterocycles. The van der Waals surface area contributed by atoms with Gasteiger partial charge in [0.15, 0.2) is 0 Å². The molecule has 21 heavy (non-hydrogen) atoms. The van der Waals surface area contributed by atoms with Crippen molar-refractivity contribution in [2.24, 2.45) is 7.05 Å². The van der Waals surface area contributed by atoms with E-state index in [1.54, 1.807) is 0 Å². The van der Waals surface area contributed by atoms with Crippen LogP contribution in [0.15, 0.2) is 6.20 Å². The zero-order chi connectivity index (χ0) is 15.6. The summed E-state index contributed by atoms with van der Waals surface area (Å²) in [6.45, 7) is -0.194. The molecule has 0 spiro atoms. The number of carboxylic acid groups (broad SMARTS) is 1. The Kier molecular flexibility index (Phi) is 4.36. The molecule has 0 saturated carbocycles. The highest BCUT2D eigenvalue weighted by molar-refractivity contribution is 5.65. The van der Waals surface area contributed by atoms with Gasteiger partial charge in [0.1, 0.15) is 24.2 Å². The highest BCUT2D eigenvalue weighted by atomic mass is 19.1. The number of nitro groups is 1. The fourth-order valence-corrected chi connectivity index (χ4v) is 2.38. The normalized spacial score (nSPS) is 26.1. The number of hydrogen-bond acceptors (Lipinski definition) is 5. The maximum absolute atomic E-state index is 13.9. The average Bonchev–Trinajstić information content (AvgIpc) is 2.70. The molecule has 0 radical (unpaired) electrons. The monoisotopic (exact) mass is 302 g/mol. The van der Waals surface area contributed by atoms with Crippen molar-refractivity contribution >= 4 is 11.8 Å². The summed E-state index contributed by atoms with van der Waals surface area (Å²) in [6.07, 6.45) is -2.08. The Bertz CT molecular complexity index is 549. The van der Waals surface area contributed by atoms with Crippen molar-refractivity contribution in [1.82, 2.24) is 15.1 Å². The lowest BCUT2D eigenvalue weighted by Crippen LogP contribution is -2.43. The molecule has 1 fully saturated rings. The van der Waals surface area contributed by atoms with Gasteiger partial charge in [-0.3, -0.25) is 14.8 Å². The average molecular weight is 302 g/mol. The summed E-state index contributed by atoms with van der Waals surface area (Å²) in [5.74, 6) is 0. The summed E-state index contributed by atoms with van der Waals surface area (Å²) < 4.78 is 20.7. The Morgan fingerprint density at radius 1 is 1.67 bits per heavy atom. The Hall–Kier alpha value is -2.23. The number of nitrogens with zero attached hydrogens (tertiary/aromatic N) is 3. The van der Waals surface area contributed by atoms with Gasteiger partial charge in [0.25, 0.3) is 0 Å². The molecule has 116 valence electrons. The lowest BCUT2D eigenvalue weighted by Gasteiger charge is -2.18. The molecule has 0 bridgehead atoms. The molecule has 1 aliphatic heterocycles. The topological polar surface area (TPSA) is 120 Å².